The molecule has 1 aromatic carbocycles. The quantitative estimate of drug-likeness (QED) is 0.905. The molecule has 1 saturated heterocycles. The van der Waals surface area contributed by atoms with Crippen molar-refractivity contribution < 1.29 is 9.13 Å². The Kier molecular flexibility index (Phi) is 7.27. The van der Waals surface area contributed by atoms with Gasteiger partial charge in [0.25, 0.3) is 0 Å². The Labute approximate surface area is 126 Å². The summed E-state index contributed by atoms with van der Waals surface area (Å²) in [6.07, 6.45) is 2.33. The van der Waals surface area contributed by atoms with Crippen LogP contribution in [-0.4, -0.2) is 37.7 Å². The van der Waals surface area contributed by atoms with Crippen molar-refractivity contribution in [3.8, 4) is 5.75 Å². The lowest BCUT2D eigenvalue weighted by atomic mass is 10.0. The molecule has 2 rings (SSSR count). The van der Waals surface area contributed by atoms with Gasteiger partial charge >= 0.3 is 0 Å². The first kappa shape index (κ1) is 17.2. The first-order valence-corrected chi connectivity index (χ1v) is 7.03. The first-order chi connectivity index (χ1) is 9.20. The van der Waals surface area contributed by atoms with E-state index in [9.17, 15) is 4.39 Å². The summed E-state index contributed by atoms with van der Waals surface area (Å²) in [5.41, 5.74) is 1.00. The molecule has 0 unspecified atom stereocenters. The third-order valence-corrected chi connectivity index (χ3v) is 3.66. The van der Waals surface area contributed by atoms with Crippen LogP contribution in [0.1, 0.15) is 25.3 Å². The van der Waals surface area contributed by atoms with Crippen molar-refractivity contribution in [2.45, 2.75) is 32.4 Å². The predicted molar refractivity (Wildman–Crippen MR) is 82.2 cm³/mol. The third kappa shape index (κ3) is 4.62. The molecule has 0 bridgehead atoms. The summed E-state index contributed by atoms with van der Waals surface area (Å²) in [5, 5.41) is 3.36. The minimum absolute atomic E-state index is 0. The molecule has 114 valence electrons. The Morgan fingerprint density at radius 3 is 2.65 bits per heavy atom. The van der Waals surface area contributed by atoms with Crippen LogP contribution in [0.5, 0.6) is 5.75 Å². The van der Waals surface area contributed by atoms with Crippen molar-refractivity contribution in [2.75, 3.05) is 26.7 Å². The van der Waals surface area contributed by atoms with E-state index in [1.807, 2.05) is 13.0 Å². The van der Waals surface area contributed by atoms with Crippen LogP contribution in [0.2, 0.25) is 0 Å². The van der Waals surface area contributed by atoms with E-state index in [4.69, 9.17) is 4.74 Å². The van der Waals surface area contributed by atoms with Gasteiger partial charge in [-0.15, -0.1) is 12.4 Å². The largest absolute Gasteiger partial charge is 0.491 e. The SMILES string of the molecule is CCOc1ccc(CN(C)C2CCNCC2)cc1F.Cl. The Hall–Kier alpha value is -0.840. The zero-order chi connectivity index (χ0) is 13.7. The van der Waals surface area contributed by atoms with E-state index < -0.39 is 0 Å². The van der Waals surface area contributed by atoms with Crippen LogP contribution in [0.15, 0.2) is 18.2 Å². The van der Waals surface area contributed by atoms with Gasteiger partial charge in [-0.1, -0.05) is 6.07 Å². The lowest BCUT2D eigenvalue weighted by Crippen LogP contribution is -2.40. The average Bonchev–Trinajstić information content (AvgIpc) is 2.43. The second-order valence-electron chi connectivity index (χ2n) is 5.09. The number of halogens is 2. The molecule has 0 spiro atoms. The van der Waals surface area contributed by atoms with Gasteiger partial charge in [0.1, 0.15) is 0 Å². The zero-order valence-electron chi connectivity index (χ0n) is 12.2. The van der Waals surface area contributed by atoms with E-state index in [0.717, 1.165) is 38.0 Å². The van der Waals surface area contributed by atoms with Crippen LogP contribution in [0.3, 0.4) is 0 Å². The topological polar surface area (TPSA) is 24.5 Å². The first-order valence-electron chi connectivity index (χ1n) is 7.03. The summed E-state index contributed by atoms with van der Waals surface area (Å²) >= 11 is 0. The fraction of sp³-hybridized carbons (Fsp3) is 0.600. The van der Waals surface area contributed by atoms with Gasteiger partial charge in [-0.2, -0.15) is 0 Å². The number of nitrogens with one attached hydrogen (secondary N) is 1. The standard InChI is InChI=1S/C15H23FN2O.ClH/c1-3-19-15-5-4-12(10-14(15)16)11-18(2)13-6-8-17-9-7-13;/h4-5,10,13,17H,3,6-9,11H2,1-2H3;1H. The molecule has 0 aromatic heterocycles. The number of hydrogen-bond donors (Lipinski definition) is 1. The van der Waals surface area contributed by atoms with Gasteiger partial charge in [0.05, 0.1) is 6.61 Å². The Bertz CT molecular complexity index is 411. The Morgan fingerprint density at radius 1 is 1.35 bits per heavy atom. The highest BCUT2D eigenvalue weighted by Crippen LogP contribution is 2.20. The molecule has 0 atom stereocenters. The highest BCUT2D eigenvalue weighted by atomic mass is 35.5. The molecule has 1 aliphatic rings. The van der Waals surface area contributed by atoms with E-state index in [-0.39, 0.29) is 18.2 Å². The molecule has 1 aliphatic heterocycles. The van der Waals surface area contributed by atoms with E-state index in [2.05, 4.69) is 17.3 Å². The summed E-state index contributed by atoms with van der Waals surface area (Å²) < 4.78 is 19.0. The van der Waals surface area contributed by atoms with Crippen molar-refractivity contribution in [1.82, 2.24) is 10.2 Å². The summed E-state index contributed by atoms with van der Waals surface area (Å²) in [5.74, 6) is 0.0776. The summed E-state index contributed by atoms with van der Waals surface area (Å²) in [7, 11) is 2.12. The van der Waals surface area contributed by atoms with Crippen LogP contribution in [-0.2, 0) is 6.54 Å². The van der Waals surface area contributed by atoms with Crippen LogP contribution in [0, 0.1) is 5.82 Å². The highest BCUT2D eigenvalue weighted by Gasteiger charge is 2.18. The Balaban J connectivity index is 0.00000200. The molecule has 0 amide bonds. The smallest absolute Gasteiger partial charge is 0.165 e. The second kappa shape index (κ2) is 8.45. The van der Waals surface area contributed by atoms with Gasteiger partial charge in [0.2, 0.25) is 0 Å². The van der Waals surface area contributed by atoms with Gasteiger partial charge in [0, 0.05) is 12.6 Å². The third-order valence-electron chi connectivity index (χ3n) is 3.66. The molecule has 0 saturated carbocycles. The molecular formula is C15H24ClFN2O. The van der Waals surface area contributed by atoms with Gasteiger partial charge in [0.15, 0.2) is 11.6 Å². The van der Waals surface area contributed by atoms with Crippen LogP contribution in [0.25, 0.3) is 0 Å². The van der Waals surface area contributed by atoms with Crippen molar-refractivity contribution >= 4 is 12.4 Å². The fourth-order valence-corrected chi connectivity index (χ4v) is 2.58. The molecule has 3 nitrogen and oxygen atoms in total. The molecule has 0 radical (unpaired) electrons. The summed E-state index contributed by atoms with van der Waals surface area (Å²) in [6.45, 7) is 5.29. The van der Waals surface area contributed by atoms with Crippen molar-refractivity contribution in [2.24, 2.45) is 0 Å². The number of benzene rings is 1. The normalized spacial score (nSPS) is 16.0. The van der Waals surface area contributed by atoms with E-state index in [1.54, 1.807) is 12.1 Å². The molecule has 1 aromatic rings. The van der Waals surface area contributed by atoms with Crippen molar-refractivity contribution in [3.05, 3.63) is 29.6 Å². The molecular weight excluding hydrogens is 279 g/mol. The van der Waals surface area contributed by atoms with Gasteiger partial charge in [-0.05, 0) is 57.6 Å². The molecule has 20 heavy (non-hydrogen) atoms. The van der Waals surface area contributed by atoms with Crippen molar-refractivity contribution in [1.29, 1.82) is 0 Å². The van der Waals surface area contributed by atoms with E-state index in [1.165, 1.54) is 0 Å². The monoisotopic (exact) mass is 302 g/mol. The van der Waals surface area contributed by atoms with E-state index >= 15 is 0 Å². The lowest BCUT2D eigenvalue weighted by molar-refractivity contribution is 0.191. The predicted octanol–water partition coefficient (Wildman–Crippen LogP) is 2.83. The van der Waals surface area contributed by atoms with Crippen LogP contribution in [0.4, 0.5) is 4.39 Å². The number of nitrogens with zero attached hydrogens (tertiary/aromatic N) is 1. The van der Waals surface area contributed by atoms with Crippen LogP contribution < -0.4 is 10.1 Å². The summed E-state index contributed by atoms with van der Waals surface area (Å²) in [6, 6.07) is 5.86. The minimum atomic E-state index is -0.266. The molecule has 1 fully saturated rings. The van der Waals surface area contributed by atoms with Gasteiger partial charge in [-0.3, -0.25) is 4.90 Å². The Morgan fingerprint density at radius 2 is 2.05 bits per heavy atom. The number of ether oxygens (including phenoxy) is 1. The summed E-state index contributed by atoms with van der Waals surface area (Å²) in [4.78, 5) is 2.32. The zero-order valence-corrected chi connectivity index (χ0v) is 13.0. The van der Waals surface area contributed by atoms with Crippen LogP contribution >= 0.6 is 12.4 Å². The molecule has 5 heteroatoms. The highest BCUT2D eigenvalue weighted by molar-refractivity contribution is 5.85. The number of rotatable bonds is 5. The number of hydrogen-bond acceptors (Lipinski definition) is 3. The molecule has 1 heterocycles. The molecule has 0 aliphatic carbocycles. The lowest BCUT2D eigenvalue weighted by Gasteiger charge is -2.31. The van der Waals surface area contributed by atoms with Gasteiger partial charge in [-0.25, -0.2) is 4.39 Å². The maximum absolute atomic E-state index is 13.8. The number of piperidine rings is 1. The van der Waals surface area contributed by atoms with E-state index in [0.29, 0.717) is 18.4 Å². The molecule has 1 N–H and O–H groups in total. The maximum Gasteiger partial charge on any atom is 0.165 e. The van der Waals surface area contributed by atoms with Crippen molar-refractivity contribution in [3.63, 3.8) is 0 Å². The van der Waals surface area contributed by atoms with Gasteiger partial charge < -0.3 is 10.1 Å². The average molecular weight is 303 g/mol. The maximum atomic E-state index is 13.8. The minimum Gasteiger partial charge on any atom is -0.491 e. The second-order valence-corrected chi connectivity index (χ2v) is 5.09. The fourth-order valence-electron chi connectivity index (χ4n) is 2.58.